The summed E-state index contributed by atoms with van der Waals surface area (Å²) >= 11 is 7.73. The van der Waals surface area contributed by atoms with Crippen LogP contribution in [0.25, 0.3) is 0 Å². The van der Waals surface area contributed by atoms with Gasteiger partial charge in [-0.1, -0.05) is 11.6 Å². The predicted octanol–water partition coefficient (Wildman–Crippen LogP) is 2.43. The lowest BCUT2D eigenvalue weighted by Crippen LogP contribution is -2.22. The second kappa shape index (κ2) is 4.86. The number of hydrogen-bond acceptors (Lipinski definition) is 3. The van der Waals surface area contributed by atoms with Crippen LogP contribution >= 0.6 is 23.4 Å². The highest BCUT2D eigenvalue weighted by atomic mass is 35.5. The normalized spacial score (nSPS) is 20.2. The fraction of sp³-hybridized carbons (Fsp3) is 0.400. The summed E-state index contributed by atoms with van der Waals surface area (Å²) in [5.41, 5.74) is 0.598. The third-order valence-electron chi connectivity index (χ3n) is 2.33. The topological polar surface area (TPSA) is 42.0 Å². The monoisotopic (exact) mass is 242 g/mol. The van der Waals surface area contributed by atoms with Crippen LogP contribution in [0.5, 0.6) is 0 Å². The molecule has 0 aromatic carbocycles. The standard InChI is InChI=1S/C10H11ClN2OS/c11-8-1-3-12-5-9(8)13-10(14)7-2-4-15-6-7/h1,3,5,7H,2,4,6H2,(H,13,14). The van der Waals surface area contributed by atoms with Crippen LogP contribution in [0.3, 0.4) is 0 Å². The SMILES string of the molecule is O=C(Nc1cnccc1Cl)C1CCSC1. The lowest BCUT2D eigenvalue weighted by atomic mass is 10.1. The maximum absolute atomic E-state index is 11.8. The van der Waals surface area contributed by atoms with Crippen molar-refractivity contribution < 1.29 is 4.79 Å². The molecule has 3 nitrogen and oxygen atoms in total. The van der Waals surface area contributed by atoms with E-state index in [2.05, 4.69) is 10.3 Å². The molecule has 2 rings (SSSR count). The molecule has 5 heteroatoms. The molecule has 1 aliphatic rings. The van der Waals surface area contributed by atoms with Gasteiger partial charge in [-0.15, -0.1) is 0 Å². The molecule has 1 aromatic rings. The van der Waals surface area contributed by atoms with Gasteiger partial charge in [-0.3, -0.25) is 9.78 Å². The van der Waals surface area contributed by atoms with Crippen LogP contribution in [-0.2, 0) is 4.79 Å². The fourth-order valence-electron chi connectivity index (χ4n) is 1.45. The van der Waals surface area contributed by atoms with Crippen LogP contribution in [0, 0.1) is 5.92 Å². The molecule has 1 N–H and O–H groups in total. The Balaban J connectivity index is 2.02. The fourth-order valence-corrected chi connectivity index (χ4v) is 2.82. The summed E-state index contributed by atoms with van der Waals surface area (Å²) in [6.45, 7) is 0. The van der Waals surface area contributed by atoms with Gasteiger partial charge in [0.15, 0.2) is 0 Å². The molecule has 1 atom stereocenters. The van der Waals surface area contributed by atoms with Crippen molar-refractivity contribution in [3.05, 3.63) is 23.5 Å². The third-order valence-corrected chi connectivity index (χ3v) is 3.82. The van der Waals surface area contributed by atoms with Crippen LogP contribution in [0.4, 0.5) is 5.69 Å². The van der Waals surface area contributed by atoms with Crippen molar-refractivity contribution in [3.63, 3.8) is 0 Å². The van der Waals surface area contributed by atoms with Crippen LogP contribution in [0.1, 0.15) is 6.42 Å². The number of nitrogens with zero attached hydrogens (tertiary/aromatic N) is 1. The van der Waals surface area contributed by atoms with Crippen LogP contribution in [-0.4, -0.2) is 22.4 Å². The van der Waals surface area contributed by atoms with E-state index >= 15 is 0 Å². The van der Waals surface area contributed by atoms with Gasteiger partial charge in [-0.05, 0) is 18.2 Å². The molecular weight excluding hydrogens is 232 g/mol. The largest absolute Gasteiger partial charge is 0.323 e. The average Bonchev–Trinajstić information content (AvgIpc) is 2.74. The maximum Gasteiger partial charge on any atom is 0.228 e. The summed E-state index contributed by atoms with van der Waals surface area (Å²) in [6.07, 6.45) is 4.13. The molecule has 80 valence electrons. The highest BCUT2D eigenvalue weighted by Crippen LogP contribution is 2.26. The number of rotatable bonds is 2. The molecule has 1 aliphatic heterocycles. The number of carbonyl (C=O) groups excluding carboxylic acids is 1. The summed E-state index contributed by atoms with van der Waals surface area (Å²) in [7, 11) is 0. The first-order valence-corrected chi connectivity index (χ1v) is 6.29. The molecule has 0 bridgehead atoms. The summed E-state index contributed by atoms with van der Waals surface area (Å²) in [4.78, 5) is 15.7. The Hall–Kier alpha value is -0.740. The molecule has 1 amide bonds. The Labute approximate surface area is 97.6 Å². The smallest absolute Gasteiger partial charge is 0.228 e. The summed E-state index contributed by atoms with van der Waals surface area (Å²) in [6, 6.07) is 1.67. The van der Waals surface area contributed by atoms with E-state index in [4.69, 9.17) is 11.6 Å². The lowest BCUT2D eigenvalue weighted by Gasteiger charge is -2.10. The third kappa shape index (κ3) is 2.63. The zero-order chi connectivity index (χ0) is 10.7. The number of halogens is 1. The van der Waals surface area contributed by atoms with Crippen molar-refractivity contribution in [2.24, 2.45) is 5.92 Å². The van der Waals surface area contributed by atoms with Crippen molar-refractivity contribution in [3.8, 4) is 0 Å². The Morgan fingerprint density at radius 2 is 2.53 bits per heavy atom. The van der Waals surface area contributed by atoms with E-state index in [1.807, 2.05) is 11.8 Å². The average molecular weight is 243 g/mol. The van der Waals surface area contributed by atoms with Gasteiger partial charge < -0.3 is 5.32 Å². The molecule has 0 radical (unpaired) electrons. The summed E-state index contributed by atoms with van der Waals surface area (Å²) in [5, 5.41) is 3.34. The van der Waals surface area contributed by atoms with E-state index in [-0.39, 0.29) is 11.8 Å². The predicted molar refractivity (Wildman–Crippen MR) is 63.3 cm³/mol. The highest BCUT2D eigenvalue weighted by Gasteiger charge is 2.23. The highest BCUT2D eigenvalue weighted by molar-refractivity contribution is 7.99. The van der Waals surface area contributed by atoms with Gasteiger partial charge in [-0.25, -0.2) is 0 Å². The van der Waals surface area contributed by atoms with Crippen molar-refractivity contribution in [1.82, 2.24) is 4.98 Å². The second-order valence-corrected chi connectivity index (χ2v) is 4.96. The summed E-state index contributed by atoms with van der Waals surface area (Å²) in [5.74, 6) is 2.14. The number of nitrogens with one attached hydrogen (secondary N) is 1. The molecule has 1 fully saturated rings. The van der Waals surface area contributed by atoms with E-state index in [9.17, 15) is 4.79 Å². The second-order valence-electron chi connectivity index (χ2n) is 3.41. The number of amides is 1. The molecule has 2 heterocycles. The molecular formula is C10H11ClN2OS. The number of pyridine rings is 1. The van der Waals surface area contributed by atoms with Gasteiger partial charge in [-0.2, -0.15) is 11.8 Å². The maximum atomic E-state index is 11.8. The van der Waals surface area contributed by atoms with Gasteiger partial charge in [0.1, 0.15) is 0 Å². The quantitative estimate of drug-likeness (QED) is 0.866. The van der Waals surface area contributed by atoms with E-state index in [0.29, 0.717) is 10.7 Å². The zero-order valence-corrected chi connectivity index (χ0v) is 9.64. The van der Waals surface area contributed by atoms with E-state index in [1.54, 1.807) is 18.5 Å². The zero-order valence-electron chi connectivity index (χ0n) is 8.07. The molecule has 15 heavy (non-hydrogen) atoms. The number of aromatic nitrogens is 1. The minimum absolute atomic E-state index is 0.0508. The number of thioether (sulfide) groups is 1. The Morgan fingerprint density at radius 3 is 3.20 bits per heavy atom. The van der Waals surface area contributed by atoms with Gasteiger partial charge >= 0.3 is 0 Å². The molecule has 0 saturated carbocycles. The Bertz CT molecular complexity index is 366. The van der Waals surface area contributed by atoms with Crippen molar-refractivity contribution in [1.29, 1.82) is 0 Å². The molecule has 1 aromatic heterocycles. The number of anilines is 1. The minimum atomic E-state index is 0.0508. The Kier molecular flexibility index (Phi) is 3.49. The van der Waals surface area contributed by atoms with Crippen molar-refractivity contribution in [2.75, 3.05) is 16.8 Å². The lowest BCUT2D eigenvalue weighted by molar-refractivity contribution is -0.119. The van der Waals surface area contributed by atoms with E-state index in [0.717, 1.165) is 17.9 Å². The number of carbonyl (C=O) groups is 1. The van der Waals surface area contributed by atoms with Gasteiger partial charge in [0, 0.05) is 17.9 Å². The van der Waals surface area contributed by atoms with E-state index < -0.39 is 0 Å². The molecule has 1 saturated heterocycles. The van der Waals surface area contributed by atoms with Crippen molar-refractivity contribution >= 4 is 35.0 Å². The van der Waals surface area contributed by atoms with Crippen LogP contribution in [0.2, 0.25) is 5.02 Å². The first-order chi connectivity index (χ1) is 7.27. The molecule has 0 aliphatic carbocycles. The number of hydrogen-bond donors (Lipinski definition) is 1. The van der Waals surface area contributed by atoms with Gasteiger partial charge in [0.05, 0.1) is 16.9 Å². The molecule has 0 spiro atoms. The first-order valence-electron chi connectivity index (χ1n) is 4.75. The van der Waals surface area contributed by atoms with Gasteiger partial charge in [0.2, 0.25) is 5.91 Å². The Morgan fingerprint density at radius 1 is 1.67 bits per heavy atom. The van der Waals surface area contributed by atoms with Crippen molar-refractivity contribution in [2.45, 2.75) is 6.42 Å². The molecule has 1 unspecified atom stereocenters. The van der Waals surface area contributed by atoms with Crippen LogP contribution < -0.4 is 5.32 Å². The van der Waals surface area contributed by atoms with E-state index in [1.165, 1.54) is 0 Å². The minimum Gasteiger partial charge on any atom is -0.323 e. The first kappa shape index (κ1) is 10.8. The summed E-state index contributed by atoms with van der Waals surface area (Å²) < 4.78 is 0. The van der Waals surface area contributed by atoms with Crippen LogP contribution in [0.15, 0.2) is 18.5 Å². The van der Waals surface area contributed by atoms with Gasteiger partial charge in [0.25, 0.3) is 0 Å².